The van der Waals surface area contributed by atoms with E-state index in [2.05, 4.69) is 19.1 Å². The third kappa shape index (κ3) is 2.92. The number of nitrogen functional groups attached to an aromatic ring is 1. The molecule has 88 valence electrons. The Bertz CT molecular complexity index is 357. The maximum Gasteiger partial charge on any atom is 0.0344 e. The van der Waals surface area contributed by atoms with Gasteiger partial charge in [-0.05, 0) is 56.4 Å². The van der Waals surface area contributed by atoms with E-state index in [-0.39, 0.29) is 0 Å². The minimum Gasteiger partial charge on any atom is -0.399 e. The van der Waals surface area contributed by atoms with Crippen molar-refractivity contribution >= 4 is 17.4 Å². The summed E-state index contributed by atoms with van der Waals surface area (Å²) < 4.78 is 0. The van der Waals surface area contributed by atoms with Crippen molar-refractivity contribution in [3.05, 3.63) is 23.8 Å². The highest BCUT2D eigenvalue weighted by molar-refractivity contribution is 8.00. The Balaban J connectivity index is 1.96. The van der Waals surface area contributed by atoms with E-state index >= 15 is 0 Å². The molecule has 0 amide bonds. The second-order valence-corrected chi connectivity index (χ2v) is 6.05. The van der Waals surface area contributed by atoms with Crippen LogP contribution in [0.2, 0.25) is 0 Å². The van der Waals surface area contributed by atoms with Crippen LogP contribution >= 0.6 is 11.8 Å². The summed E-state index contributed by atoms with van der Waals surface area (Å²) in [5.41, 5.74) is 13.8. The summed E-state index contributed by atoms with van der Waals surface area (Å²) in [6.45, 7) is 2.07. The molecule has 1 aromatic carbocycles. The molecule has 0 unspecified atom stereocenters. The van der Waals surface area contributed by atoms with Gasteiger partial charge in [0.25, 0.3) is 0 Å². The predicted octanol–water partition coefficient (Wildman–Crippen LogP) is 2.94. The Kier molecular flexibility index (Phi) is 3.77. The number of anilines is 1. The summed E-state index contributed by atoms with van der Waals surface area (Å²) in [4.78, 5) is 1.34. The van der Waals surface area contributed by atoms with Crippen LogP contribution < -0.4 is 11.5 Å². The molecule has 2 nitrogen and oxygen atoms in total. The molecule has 0 spiro atoms. The van der Waals surface area contributed by atoms with Gasteiger partial charge in [0.05, 0.1) is 0 Å². The van der Waals surface area contributed by atoms with Crippen LogP contribution in [-0.4, -0.2) is 11.3 Å². The lowest BCUT2D eigenvalue weighted by atomic mass is 9.96. The monoisotopic (exact) mass is 236 g/mol. The molecule has 0 saturated heterocycles. The van der Waals surface area contributed by atoms with Crippen LogP contribution in [0.3, 0.4) is 0 Å². The molecule has 2 rings (SSSR count). The molecule has 16 heavy (non-hydrogen) atoms. The first-order chi connectivity index (χ1) is 7.65. The minimum absolute atomic E-state index is 0.435. The smallest absolute Gasteiger partial charge is 0.0344 e. The Morgan fingerprint density at radius 1 is 1.19 bits per heavy atom. The van der Waals surface area contributed by atoms with E-state index in [9.17, 15) is 0 Å². The van der Waals surface area contributed by atoms with E-state index in [0.717, 1.165) is 10.9 Å². The van der Waals surface area contributed by atoms with E-state index in [4.69, 9.17) is 11.5 Å². The lowest BCUT2D eigenvalue weighted by molar-refractivity contribution is 0.451. The SMILES string of the molecule is Cc1cc(SC2CCC(N)CC2)ccc1N. The van der Waals surface area contributed by atoms with Gasteiger partial charge < -0.3 is 11.5 Å². The number of hydrogen-bond donors (Lipinski definition) is 2. The fraction of sp³-hybridized carbons (Fsp3) is 0.538. The molecule has 1 aliphatic rings. The second-order valence-electron chi connectivity index (χ2n) is 4.67. The Morgan fingerprint density at radius 3 is 2.50 bits per heavy atom. The largest absolute Gasteiger partial charge is 0.399 e. The van der Waals surface area contributed by atoms with Gasteiger partial charge in [0.15, 0.2) is 0 Å². The highest BCUT2D eigenvalue weighted by Crippen LogP contribution is 2.34. The van der Waals surface area contributed by atoms with Crippen molar-refractivity contribution in [3.8, 4) is 0 Å². The highest BCUT2D eigenvalue weighted by atomic mass is 32.2. The first kappa shape index (κ1) is 11.8. The number of thioether (sulfide) groups is 1. The summed E-state index contributed by atoms with van der Waals surface area (Å²) in [5, 5.41) is 0.739. The summed E-state index contributed by atoms with van der Waals surface area (Å²) in [5.74, 6) is 0. The standard InChI is InChI=1S/C13H20N2S/c1-9-8-12(6-7-13(9)15)16-11-4-2-10(14)3-5-11/h6-8,10-11H,2-5,14-15H2,1H3. The quantitative estimate of drug-likeness (QED) is 0.776. The summed E-state index contributed by atoms with van der Waals surface area (Å²) in [7, 11) is 0. The zero-order chi connectivity index (χ0) is 11.5. The van der Waals surface area contributed by atoms with Crippen LogP contribution in [0.4, 0.5) is 5.69 Å². The van der Waals surface area contributed by atoms with Crippen LogP contribution in [0.15, 0.2) is 23.1 Å². The lowest BCUT2D eigenvalue weighted by Gasteiger charge is -2.25. The molecule has 0 bridgehead atoms. The Labute approximate surface area is 102 Å². The second kappa shape index (κ2) is 5.11. The molecule has 3 heteroatoms. The van der Waals surface area contributed by atoms with Crippen LogP contribution in [0.1, 0.15) is 31.2 Å². The van der Waals surface area contributed by atoms with Crippen molar-refractivity contribution in [1.29, 1.82) is 0 Å². The highest BCUT2D eigenvalue weighted by Gasteiger charge is 2.19. The molecular formula is C13H20N2S. The zero-order valence-electron chi connectivity index (χ0n) is 9.78. The third-order valence-electron chi connectivity index (χ3n) is 3.26. The van der Waals surface area contributed by atoms with Gasteiger partial charge in [-0.25, -0.2) is 0 Å². The van der Waals surface area contributed by atoms with Crippen molar-refractivity contribution in [2.75, 3.05) is 5.73 Å². The Hall–Kier alpha value is -0.670. The molecule has 1 aromatic rings. The molecule has 0 aromatic heterocycles. The topological polar surface area (TPSA) is 52.0 Å². The van der Waals surface area contributed by atoms with Gasteiger partial charge >= 0.3 is 0 Å². The lowest BCUT2D eigenvalue weighted by Crippen LogP contribution is -2.27. The van der Waals surface area contributed by atoms with Crippen molar-refractivity contribution < 1.29 is 0 Å². The zero-order valence-corrected chi connectivity index (χ0v) is 10.6. The average molecular weight is 236 g/mol. The van der Waals surface area contributed by atoms with Gasteiger partial charge in [0.2, 0.25) is 0 Å². The van der Waals surface area contributed by atoms with E-state index in [0.29, 0.717) is 6.04 Å². The fourth-order valence-corrected chi connectivity index (χ4v) is 3.40. The molecule has 0 atom stereocenters. The van der Waals surface area contributed by atoms with Gasteiger partial charge in [0.1, 0.15) is 0 Å². The number of hydrogen-bond acceptors (Lipinski definition) is 3. The van der Waals surface area contributed by atoms with Crippen molar-refractivity contribution in [2.24, 2.45) is 5.73 Å². The van der Waals surface area contributed by atoms with Crippen molar-refractivity contribution in [2.45, 2.75) is 48.8 Å². The summed E-state index contributed by atoms with van der Waals surface area (Å²) in [6.07, 6.45) is 4.84. The third-order valence-corrected chi connectivity index (χ3v) is 4.59. The summed E-state index contributed by atoms with van der Waals surface area (Å²) in [6, 6.07) is 6.76. The first-order valence-electron chi connectivity index (χ1n) is 5.93. The van der Waals surface area contributed by atoms with E-state index in [1.54, 1.807) is 0 Å². The number of rotatable bonds is 2. The van der Waals surface area contributed by atoms with Crippen LogP contribution in [-0.2, 0) is 0 Å². The molecule has 0 aliphatic heterocycles. The Morgan fingerprint density at radius 2 is 1.88 bits per heavy atom. The summed E-state index contributed by atoms with van der Waals surface area (Å²) >= 11 is 1.98. The maximum atomic E-state index is 5.91. The molecule has 0 radical (unpaired) electrons. The van der Waals surface area contributed by atoms with Crippen LogP contribution in [0.5, 0.6) is 0 Å². The molecule has 1 aliphatic carbocycles. The molecular weight excluding hydrogens is 216 g/mol. The molecule has 4 N–H and O–H groups in total. The van der Waals surface area contributed by atoms with Crippen molar-refractivity contribution in [1.82, 2.24) is 0 Å². The first-order valence-corrected chi connectivity index (χ1v) is 6.81. The van der Waals surface area contributed by atoms with Gasteiger partial charge in [-0.15, -0.1) is 11.8 Å². The van der Waals surface area contributed by atoms with E-state index in [1.165, 1.54) is 36.1 Å². The molecule has 1 saturated carbocycles. The predicted molar refractivity (Wildman–Crippen MR) is 71.7 cm³/mol. The average Bonchev–Trinajstić information content (AvgIpc) is 2.27. The maximum absolute atomic E-state index is 5.91. The normalized spacial score (nSPS) is 25.6. The van der Waals surface area contributed by atoms with Gasteiger partial charge in [-0.2, -0.15) is 0 Å². The van der Waals surface area contributed by atoms with Crippen LogP contribution in [0, 0.1) is 6.92 Å². The van der Waals surface area contributed by atoms with E-state index in [1.807, 2.05) is 17.8 Å². The number of benzene rings is 1. The van der Waals surface area contributed by atoms with Gasteiger partial charge in [-0.1, -0.05) is 0 Å². The van der Waals surface area contributed by atoms with E-state index < -0.39 is 0 Å². The molecule has 0 heterocycles. The minimum atomic E-state index is 0.435. The number of aryl methyl sites for hydroxylation is 1. The van der Waals surface area contributed by atoms with Crippen molar-refractivity contribution in [3.63, 3.8) is 0 Å². The van der Waals surface area contributed by atoms with Crippen LogP contribution in [0.25, 0.3) is 0 Å². The molecule has 1 fully saturated rings. The fourth-order valence-electron chi connectivity index (χ4n) is 2.12. The van der Waals surface area contributed by atoms with Gasteiger partial charge in [-0.3, -0.25) is 0 Å². The number of nitrogens with two attached hydrogens (primary N) is 2. The van der Waals surface area contributed by atoms with Gasteiger partial charge in [0, 0.05) is 21.9 Å².